The summed E-state index contributed by atoms with van der Waals surface area (Å²) in [7, 11) is 0. The van der Waals surface area contributed by atoms with Gasteiger partial charge in [0.2, 0.25) is 0 Å². The molecule has 1 aliphatic heterocycles. The van der Waals surface area contributed by atoms with Crippen molar-refractivity contribution in [3.8, 4) is 0 Å². The van der Waals surface area contributed by atoms with Gasteiger partial charge in [-0.1, -0.05) is 0 Å². The van der Waals surface area contributed by atoms with E-state index < -0.39 is 0 Å². The number of nitrogens with zero attached hydrogens (tertiary/aromatic N) is 3. The summed E-state index contributed by atoms with van der Waals surface area (Å²) in [5.41, 5.74) is 0. The first kappa shape index (κ1) is 15.8. The van der Waals surface area contributed by atoms with Crippen LogP contribution in [0.5, 0.6) is 0 Å². The molecule has 118 valence electrons. The molecule has 0 saturated carbocycles. The van der Waals surface area contributed by atoms with E-state index in [-0.39, 0.29) is 18.1 Å². The van der Waals surface area contributed by atoms with Crippen LogP contribution < -0.4 is 10.6 Å². The smallest absolute Gasteiger partial charge is 0.315 e. The van der Waals surface area contributed by atoms with Crippen molar-refractivity contribution in [3.05, 3.63) is 18.5 Å². The molecule has 2 N–H and O–H groups in total. The molecule has 0 aromatic carbocycles. The van der Waals surface area contributed by atoms with Crippen LogP contribution in [0.15, 0.2) is 18.5 Å². The number of rotatable bonds is 6. The van der Waals surface area contributed by atoms with Crippen LogP contribution in [0, 0.1) is 0 Å². The molecule has 1 fully saturated rings. The fourth-order valence-electron chi connectivity index (χ4n) is 2.44. The molecule has 1 aliphatic rings. The van der Waals surface area contributed by atoms with E-state index in [4.69, 9.17) is 4.74 Å². The van der Waals surface area contributed by atoms with Gasteiger partial charge in [0.15, 0.2) is 0 Å². The van der Waals surface area contributed by atoms with Crippen LogP contribution in [0.3, 0.4) is 0 Å². The van der Waals surface area contributed by atoms with Gasteiger partial charge in [0, 0.05) is 44.1 Å². The number of carbonyl (C=O) groups is 1. The zero-order valence-corrected chi connectivity index (χ0v) is 12.8. The molecule has 7 nitrogen and oxygen atoms in total. The number of hydrogen-bond acceptors (Lipinski definition) is 4. The molecule has 0 bridgehead atoms. The van der Waals surface area contributed by atoms with E-state index in [0.717, 1.165) is 32.8 Å². The van der Waals surface area contributed by atoms with E-state index in [1.165, 1.54) is 0 Å². The molecule has 21 heavy (non-hydrogen) atoms. The maximum atomic E-state index is 11.9. The fraction of sp³-hybridized carbons (Fsp3) is 0.714. The van der Waals surface area contributed by atoms with E-state index in [2.05, 4.69) is 20.6 Å². The monoisotopic (exact) mass is 295 g/mol. The third kappa shape index (κ3) is 5.73. The van der Waals surface area contributed by atoms with E-state index in [1.54, 1.807) is 6.20 Å². The second kappa shape index (κ2) is 7.99. The second-order valence-corrected chi connectivity index (χ2v) is 5.56. The van der Waals surface area contributed by atoms with Crippen LogP contribution in [-0.2, 0) is 11.3 Å². The van der Waals surface area contributed by atoms with Crippen molar-refractivity contribution in [2.24, 2.45) is 0 Å². The van der Waals surface area contributed by atoms with Gasteiger partial charge in [-0.25, -0.2) is 4.79 Å². The van der Waals surface area contributed by atoms with E-state index in [9.17, 15) is 4.79 Å². The lowest BCUT2D eigenvalue weighted by atomic mass is 10.3. The SMILES string of the molecule is C[C@H](CN1CCOCC1)NC(=O)N[C@@H](C)Cn1cccn1. The summed E-state index contributed by atoms with van der Waals surface area (Å²) in [6.07, 6.45) is 3.62. The largest absolute Gasteiger partial charge is 0.379 e. The maximum Gasteiger partial charge on any atom is 0.315 e. The number of aromatic nitrogens is 2. The number of urea groups is 1. The molecule has 0 unspecified atom stereocenters. The van der Waals surface area contributed by atoms with Crippen LogP contribution in [0.1, 0.15) is 13.8 Å². The van der Waals surface area contributed by atoms with Crippen molar-refractivity contribution in [1.82, 2.24) is 25.3 Å². The van der Waals surface area contributed by atoms with Gasteiger partial charge in [-0.05, 0) is 19.9 Å². The minimum atomic E-state index is -0.129. The quantitative estimate of drug-likeness (QED) is 0.791. The molecule has 2 atom stereocenters. The molecule has 2 amide bonds. The van der Waals surface area contributed by atoms with Gasteiger partial charge in [-0.2, -0.15) is 5.10 Å². The Balaban J connectivity index is 1.65. The number of morpholine rings is 1. The molecule has 1 saturated heterocycles. The van der Waals surface area contributed by atoms with E-state index >= 15 is 0 Å². The molecule has 0 aliphatic carbocycles. The predicted octanol–water partition coefficient (Wildman–Crippen LogP) is 0.292. The predicted molar refractivity (Wildman–Crippen MR) is 80.1 cm³/mol. The van der Waals surface area contributed by atoms with Crippen LogP contribution in [0.4, 0.5) is 4.79 Å². The highest BCUT2D eigenvalue weighted by Gasteiger charge is 2.16. The molecule has 0 spiro atoms. The van der Waals surface area contributed by atoms with Crippen molar-refractivity contribution in [2.45, 2.75) is 32.5 Å². The summed E-state index contributed by atoms with van der Waals surface area (Å²) < 4.78 is 7.12. The summed E-state index contributed by atoms with van der Waals surface area (Å²) in [6, 6.07) is 1.88. The lowest BCUT2D eigenvalue weighted by Crippen LogP contribution is -2.50. The first-order valence-corrected chi connectivity index (χ1v) is 7.48. The molecule has 7 heteroatoms. The van der Waals surface area contributed by atoms with E-state index in [1.807, 2.05) is 30.8 Å². The lowest BCUT2D eigenvalue weighted by Gasteiger charge is -2.29. The third-order valence-electron chi connectivity index (χ3n) is 3.41. The van der Waals surface area contributed by atoms with Crippen molar-refractivity contribution < 1.29 is 9.53 Å². The molecule has 1 aromatic heterocycles. The van der Waals surface area contributed by atoms with Crippen LogP contribution in [0.25, 0.3) is 0 Å². The summed E-state index contributed by atoms with van der Waals surface area (Å²) in [5.74, 6) is 0. The number of hydrogen-bond donors (Lipinski definition) is 2. The maximum absolute atomic E-state index is 11.9. The highest BCUT2D eigenvalue weighted by atomic mass is 16.5. The van der Waals surface area contributed by atoms with Crippen LogP contribution >= 0.6 is 0 Å². The Kier molecular flexibility index (Phi) is 6.01. The molecule has 2 heterocycles. The van der Waals surface area contributed by atoms with Gasteiger partial charge in [0.1, 0.15) is 0 Å². The number of carbonyl (C=O) groups excluding carboxylic acids is 1. The van der Waals surface area contributed by atoms with Crippen molar-refractivity contribution in [1.29, 1.82) is 0 Å². The van der Waals surface area contributed by atoms with Gasteiger partial charge < -0.3 is 15.4 Å². The number of ether oxygens (including phenoxy) is 1. The number of nitrogens with one attached hydrogen (secondary N) is 2. The Morgan fingerprint density at radius 3 is 2.52 bits per heavy atom. The highest BCUT2D eigenvalue weighted by molar-refractivity contribution is 5.74. The van der Waals surface area contributed by atoms with Crippen LogP contribution in [0.2, 0.25) is 0 Å². The second-order valence-electron chi connectivity index (χ2n) is 5.56. The molecular weight excluding hydrogens is 270 g/mol. The van der Waals surface area contributed by atoms with Crippen molar-refractivity contribution in [3.63, 3.8) is 0 Å². The van der Waals surface area contributed by atoms with Gasteiger partial charge in [-0.15, -0.1) is 0 Å². The molecular formula is C14H25N5O2. The fourth-order valence-corrected chi connectivity index (χ4v) is 2.44. The minimum Gasteiger partial charge on any atom is -0.379 e. The summed E-state index contributed by atoms with van der Waals surface area (Å²) in [5, 5.41) is 10.0. The Morgan fingerprint density at radius 1 is 1.24 bits per heavy atom. The van der Waals surface area contributed by atoms with Gasteiger partial charge >= 0.3 is 6.03 Å². The zero-order chi connectivity index (χ0) is 15.1. The van der Waals surface area contributed by atoms with Gasteiger partial charge in [-0.3, -0.25) is 9.58 Å². The zero-order valence-electron chi connectivity index (χ0n) is 12.8. The summed E-state index contributed by atoms with van der Waals surface area (Å²) >= 11 is 0. The van der Waals surface area contributed by atoms with Crippen LogP contribution in [-0.4, -0.2) is 65.6 Å². The molecule has 1 aromatic rings. The average Bonchev–Trinajstić information content (AvgIpc) is 2.91. The van der Waals surface area contributed by atoms with Crippen molar-refractivity contribution in [2.75, 3.05) is 32.8 Å². The minimum absolute atomic E-state index is 0.0282. The third-order valence-corrected chi connectivity index (χ3v) is 3.41. The average molecular weight is 295 g/mol. The van der Waals surface area contributed by atoms with Gasteiger partial charge in [0.25, 0.3) is 0 Å². The topological polar surface area (TPSA) is 71.4 Å². The highest BCUT2D eigenvalue weighted by Crippen LogP contribution is 1.98. The Hall–Kier alpha value is -1.60. The van der Waals surface area contributed by atoms with Crippen molar-refractivity contribution >= 4 is 6.03 Å². The Labute approximate surface area is 125 Å². The number of amides is 2. The normalized spacial score (nSPS) is 19.0. The summed E-state index contributed by atoms with van der Waals surface area (Å²) in [6.45, 7) is 8.93. The Bertz CT molecular complexity index is 417. The first-order chi connectivity index (χ1) is 10.1. The summed E-state index contributed by atoms with van der Waals surface area (Å²) in [4.78, 5) is 14.2. The molecule has 0 radical (unpaired) electrons. The molecule has 2 rings (SSSR count). The van der Waals surface area contributed by atoms with E-state index in [0.29, 0.717) is 6.54 Å². The first-order valence-electron chi connectivity index (χ1n) is 7.48. The Morgan fingerprint density at radius 2 is 1.90 bits per heavy atom. The van der Waals surface area contributed by atoms with Gasteiger partial charge in [0.05, 0.1) is 19.8 Å². The standard InChI is InChI=1S/C14H25N5O2/c1-12(10-18-6-8-21-9-7-18)16-14(20)17-13(2)11-19-5-3-4-15-19/h3-5,12-13H,6-11H2,1-2H3,(H2,16,17,20)/t12-,13+/m1/s1. The lowest BCUT2D eigenvalue weighted by molar-refractivity contribution is 0.0349.